The Kier molecular flexibility index (Phi) is 14.1. The highest BCUT2D eigenvalue weighted by molar-refractivity contribution is 5.98. The van der Waals surface area contributed by atoms with Gasteiger partial charge in [-0.1, -0.05) is 0 Å². The molecule has 21 aliphatic rings. The molecule has 90 heavy (non-hydrogen) atoms. The van der Waals surface area contributed by atoms with Gasteiger partial charge in [-0.3, -0.25) is 38.4 Å². The van der Waals surface area contributed by atoms with Gasteiger partial charge in [0.2, 0.25) is 47.3 Å². The quantitative estimate of drug-likeness (QED) is 0.269. The fourth-order valence-corrected chi connectivity index (χ4v) is 26.1. The minimum atomic E-state index is -1.26. The summed E-state index contributed by atoms with van der Waals surface area (Å²) >= 11 is 0. The van der Waals surface area contributed by atoms with Crippen LogP contribution >= 0.6 is 0 Å². The summed E-state index contributed by atoms with van der Waals surface area (Å²) in [5.41, 5.74) is -3.61. The monoisotopic (exact) mass is 1240 g/mol. The third kappa shape index (κ3) is 9.53. The molecule has 16 saturated carbocycles. The van der Waals surface area contributed by atoms with E-state index in [-0.39, 0.29) is 59.4 Å². The van der Waals surface area contributed by atoms with Crippen molar-refractivity contribution in [2.24, 2.45) is 92.7 Å². The topological polar surface area (TPSA) is 250 Å². The summed E-state index contributed by atoms with van der Waals surface area (Å²) in [4.78, 5) is 159. The first kappa shape index (κ1) is 58.5. The van der Waals surface area contributed by atoms with Crippen LogP contribution in [0.3, 0.4) is 0 Å². The van der Waals surface area contributed by atoms with Crippen LogP contribution < -0.4 is 21.3 Å². The van der Waals surface area contributed by atoms with Crippen LogP contribution in [0.25, 0.3) is 0 Å². The minimum Gasteiger partial charge on any atom is -0.461 e. The van der Waals surface area contributed by atoms with Gasteiger partial charge in [-0.2, -0.15) is 0 Å². The maximum absolute atomic E-state index is 15.7. The summed E-state index contributed by atoms with van der Waals surface area (Å²) < 4.78 is 12.4. The Morgan fingerprint density at radius 2 is 0.633 bits per heavy atom. The Morgan fingerprint density at radius 3 is 0.933 bits per heavy atom. The molecule has 0 radical (unpaired) electrons. The molecule has 5 heterocycles. The lowest BCUT2D eigenvalue weighted by atomic mass is 9.43. The van der Waals surface area contributed by atoms with Crippen LogP contribution in [-0.4, -0.2) is 167 Å². The van der Waals surface area contributed by atoms with E-state index in [4.69, 9.17) is 9.47 Å². The van der Waals surface area contributed by atoms with Crippen LogP contribution in [0.5, 0.6) is 0 Å². The van der Waals surface area contributed by atoms with E-state index < -0.39 is 107 Å². The number of rotatable bonds is 4. The summed E-state index contributed by atoms with van der Waals surface area (Å²) in [5, 5.41) is 12.9. The molecule has 0 aromatic rings. The lowest BCUT2D eigenvalue weighted by molar-refractivity contribution is -0.184. The van der Waals surface area contributed by atoms with Gasteiger partial charge in [-0.25, -0.2) is 9.59 Å². The Morgan fingerprint density at radius 1 is 0.367 bits per heavy atom. The van der Waals surface area contributed by atoms with Gasteiger partial charge < -0.3 is 50.3 Å². The van der Waals surface area contributed by atoms with E-state index in [1.165, 1.54) is 12.8 Å². The third-order valence-corrected chi connectivity index (χ3v) is 28.3. The highest BCUT2D eigenvalue weighted by Crippen LogP contribution is 2.68. The van der Waals surface area contributed by atoms with Gasteiger partial charge in [-0.05, 0) is 264 Å². The first-order valence-electron chi connectivity index (χ1n) is 36.2. The second-order valence-electron chi connectivity index (χ2n) is 34.0. The normalized spacial score (nSPS) is 48.4. The molecule has 0 aromatic heterocycles. The van der Waals surface area contributed by atoms with E-state index >= 15 is 28.8 Å². The fraction of sp³-hybridized carbons (Fsp3) is 0.857. The molecule has 20 heteroatoms. The molecule has 16 bridgehead atoms. The van der Waals surface area contributed by atoms with Crippen molar-refractivity contribution >= 4 is 59.2 Å². The average molecular weight is 1240 g/mol. The molecule has 5 saturated heterocycles. The van der Waals surface area contributed by atoms with Crippen molar-refractivity contribution < 1.29 is 57.4 Å². The molecule has 4 N–H and O–H groups in total. The van der Waals surface area contributed by atoms with Crippen LogP contribution in [0.15, 0.2) is 0 Å². The number of fused-ring (bicyclic) bond motifs is 4. The second kappa shape index (κ2) is 21.6. The summed E-state index contributed by atoms with van der Waals surface area (Å²) in [6.07, 6.45) is 22.1. The molecule has 6 atom stereocenters. The van der Waals surface area contributed by atoms with Gasteiger partial charge in [-0.15, -0.1) is 0 Å². The molecule has 16 aliphatic carbocycles. The Bertz CT molecular complexity index is 2780. The molecule has 0 aromatic carbocycles. The third-order valence-electron chi connectivity index (χ3n) is 28.3. The molecule has 21 fully saturated rings. The molecule has 6 unspecified atom stereocenters. The van der Waals surface area contributed by atoms with Crippen molar-refractivity contribution in [3.63, 3.8) is 0 Å². The zero-order valence-corrected chi connectivity index (χ0v) is 52.7. The number of ether oxygens (including phenoxy) is 2. The molecule has 4 spiro atoms. The van der Waals surface area contributed by atoms with Crippen molar-refractivity contribution in [1.82, 2.24) is 40.9 Å². The summed E-state index contributed by atoms with van der Waals surface area (Å²) in [6, 6.07) is -6.25. The summed E-state index contributed by atoms with van der Waals surface area (Å²) in [7, 11) is 0. The first-order chi connectivity index (χ1) is 43.4. The predicted molar refractivity (Wildman–Crippen MR) is 322 cm³/mol. The van der Waals surface area contributed by atoms with Crippen LogP contribution in [0.4, 0.5) is 0 Å². The Hall–Kier alpha value is -5.30. The molecule has 20 nitrogen and oxygen atoms in total. The SMILES string of the molecule is O=C(NC1C2CC3CC(C2)CC1C3)C1COC(=O)C2CCCN2C(=O)C23CC4CC(C2)CC(C4)(C3)C(=O)N2CCCC2C(=O)OCC(C(=O)NC2C3CC4CC(C3)CC2C4)NC(=O)C2CCCN2C(=O)C23CC4CC(CC(C4)(C2)C(=O)N2CCCC2C(=O)N1)C3. The van der Waals surface area contributed by atoms with E-state index in [1.807, 2.05) is 0 Å². The smallest absolute Gasteiger partial charge is 0.328 e. The van der Waals surface area contributed by atoms with Gasteiger partial charge in [0.15, 0.2) is 0 Å². The molecular weight excluding hydrogens is 1140 g/mol. The number of esters is 2. The number of cyclic esters (lactones) is 2. The first-order valence-corrected chi connectivity index (χ1v) is 36.2. The lowest BCUT2D eigenvalue weighted by Gasteiger charge is -2.61. The van der Waals surface area contributed by atoms with E-state index in [0.717, 1.165) is 64.2 Å². The second-order valence-corrected chi connectivity index (χ2v) is 34.0. The number of carbonyl (C=O) groups excluding carboxylic acids is 10. The van der Waals surface area contributed by atoms with Crippen LogP contribution in [-0.2, 0) is 57.4 Å². The number of hydrogen-bond donors (Lipinski definition) is 4. The number of nitrogens with zero attached hydrogens (tertiary/aromatic N) is 4. The van der Waals surface area contributed by atoms with Crippen LogP contribution in [0.2, 0.25) is 0 Å². The number of nitrogens with one attached hydrogen (secondary N) is 4. The van der Waals surface area contributed by atoms with Gasteiger partial charge >= 0.3 is 11.9 Å². The van der Waals surface area contributed by atoms with Gasteiger partial charge in [0, 0.05) is 38.3 Å². The maximum atomic E-state index is 15.7. The van der Waals surface area contributed by atoms with Gasteiger partial charge in [0.25, 0.3) is 0 Å². The zero-order chi connectivity index (χ0) is 61.3. The van der Waals surface area contributed by atoms with Crippen LogP contribution in [0, 0.1) is 92.7 Å². The van der Waals surface area contributed by atoms with E-state index in [2.05, 4.69) is 21.3 Å². The number of carbonyl (C=O) groups is 10. The fourth-order valence-electron chi connectivity index (χ4n) is 26.1. The van der Waals surface area contributed by atoms with E-state index in [1.54, 1.807) is 19.6 Å². The van der Waals surface area contributed by atoms with E-state index in [9.17, 15) is 19.2 Å². The summed E-state index contributed by atoms with van der Waals surface area (Å²) in [5.74, 6) is 0.824. The van der Waals surface area contributed by atoms with E-state index in [0.29, 0.717) is 189 Å². The highest BCUT2D eigenvalue weighted by Gasteiger charge is 2.68. The Balaban J connectivity index is 0.684. The minimum absolute atomic E-state index is 0.0545. The molecule has 488 valence electrons. The van der Waals surface area contributed by atoms with Gasteiger partial charge in [0.05, 0.1) is 21.7 Å². The largest absolute Gasteiger partial charge is 0.461 e. The molecular formula is C70H96N8O12. The molecule has 8 amide bonds. The van der Waals surface area contributed by atoms with Crippen molar-refractivity contribution in [2.75, 3.05) is 39.4 Å². The number of hydrogen-bond acceptors (Lipinski definition) is 12. The lowest BCUT2D eigenvalue weighted by Crippen LogP contribution is -2.65. The Labute approximate surface area is 528 Å². The standard InChI is InChI=1S/C70H96N8O12/c79-57(73-55-45-17-37-13-38(19-45)20-46(55)18-37)49-33-89-61(83)53-7-3-11-77(53)65(87)69-29-43-16-44(30-69)32-70(31-43,36-69)66(88)78-12-4-8-54(78)62(84)90-34-50(58(80)74-56-47-21-39-14-40(23-47)24-48(56)22-39)72-60(82)52-6-2-10-76(52)64(86)68-27-41-15-42(28-68)26-67(25-41,35-68)63(85)75-9-1-5-51(75)59(81)71-49/h37-56H,1-36H2,(H,71,81)(H,72,82)(H,73,79)(H,74,80). The van der Waals surface area contributed by atoms with Crippen LogP contribution in [0.1, 0.15) is 193 Å². The maximum Gasteiger partial charge on any atom is 0.328 e. The highest BCUT2D eigenvalue weighted by atomic mass is 16.5. The van der Waals surface area contributed by atoms with Gasteiger partial charge in [0.1, 0.15) is 49.5 Å². The molecule has 5 aliphatic heterocycles. The van der Waals surface area contributed by atoms with Crippen molar-refractivity contribution in [3.8, 4) is 0 Å². The summed E-state index contributed by atoms with van der Waals surface area (Å²) in [6.45, 7) is 0.484. The number of amides is 8. The van der Waals surface area contributed by atoms with Crippen molar-refractivity contribution in [1.29, 1.82) is 0 Å². The zero-order valence-electron chi connectivity index (χ0n) is 52.7. The predicted octanol–water partition coefficient (Wildman–Crippen LogP) is 5.08. The molecule has 21 rings (SSSR count). The average Bonchev–Trinajstić information content (AvgIpc) is 0.776. The van der Waals surface area contributed by atoms with Crippen molar-refractivity contribution in [3.05, 3.63) is 0 Å². The van der Waals surface area contributed by atoms with Crippen molar-refractivity contribution in [2.45, 2.75) is 241 Å².